The van der Waals surface area contributed by atoms with Crippen molar-refractivity contribution in [3.8, 4) is 0 Å². The average Bonchev–Trinajstić information content (AvgIpc) is 2.49. The highest BCUT2D eigenvalue weighted by molar-refractivity contribution is 5.95. The number of carbonyl (C=O) groups is 1. The van der Waals surface area contributed by atoms with Crippen LogP contribution in [0.4, 0.5) is 0 Å². The molecule has 3 nitrogen and oxygen atoms in total. The second kappa shape index (κ2) is 2.62. The molecule has 1 aromatic heterocycles. The van der Waals surface area contributed by atoms with E-state index in [1.807, 2.05) is 25.1 Å². The van der Waals surface area contributed by atoms with Crippen molar-refractivity contribution in [3.05, 3.63) is 35.6 Å². The standard InChI is InChI=1S/C10H9NO2/c1-6-3-2-4-7-5-8(10(11)12)13-9(6)7/h2-5H,1H3,(H2,11,12). The molecule has 0 unspecified atom stereocenters. The lowest BCUT2D eigenvalue weighted by Crippen LogP contribution is -2.08. The SMILES string of the molecule is Cc1cccc2cc(C(N)=O)oc12. The number of furan rings is 1. The number of primary amides is 1. The van der Waals surface area contributed by atoms with Gasteiger partial charge in [-0.3, -0.25) is 4.79 Å². The molecule has 0 aliphatic carbocycles. The molecule has 1 heterocycles. The van der Waals surface area contributed by atoms with Gasteiger partial charge in [-0.15, -0.1) is 0 Å². The molecular formula is C10H9NO2. The third kappa shape index (κ3) is 1.18. The van der Waals surface area contributed by atoms with Crippen LogP contribution in [0.3, 0.4) is 0 Å². The Morgan fingerprint density at radius 3 is 2.85 bits per heavy atom. The minimum Gasteiger partial charge on any atom is -0.451 e. The van der Waals surface area contributed by atoms with E-state index in [0.717, 1.165) is 16.5 Å². The first-order valence-electron chi connectivity index (χ1n) is 3.97. The van der Waals surface area contributed by atoms with Gasteiger partial charge in [0.05, 0.1) is 0 Å². The normalized spacial score (nSPS) is 10.5. The van der Waals surface area contributed by atoms with Gasteiger partial charge in [0, 0.05) is 5.39 Å². The zero-order valence-corrected chi connectivity index (χ0v) is 7.20. The van der Waals surface area contributed by atoms with Crippen LogP contribution in [0.25, 0.3) is 11.0 Å². The first kappa shape index (κ1) is 7.86. The van der Waals surface area contributed by atoms with Gasteiger partial charge in [-0.05, 0) is 18.6 Å². The van der Waals surface area contributed by atoms with E-state index in [1.165, 1.54) is 0 Å². The molecule has 0 atom stereocenters. The van der Waals surface area contributed by atoms with E-state index in [2.05, 4.69) is 0 Å². The Morgan fingerprint density at radius 1 is 1.46 bits per heavy atom. The number of nitrogens with two attached hydrogens (primary N) is 1. The zero-order chi connectivity index (χ0) is 9.42. The first-order chi connectivity index (χ1) is 6.18. The molecule has 2 rings (SSSR count). The third-order valence-corrected chi connectivity index (χ3v) is 1.98. The molecule has 0 fully saturated rings. The number of hydrogen-bond donors (Lipinski definition) is 1. The van der Waals surface area contributed by atoms with Crippen molar-refractivity contribution in [2.24, 2.45) is 5.73 Å². The van der Waals surface area contributed by atoms with Gasteiger partial charge >= 0.3 is 0 Å². The molecule has 0 radical (unpaired) electrons. The molecular weight excluding hydrogens is 166 g/mol. The van der Waals surface area contributed by atoms with Gasteiger partial charge in [0.15, 0.2) is 5.76 Å². The predicted octanol–water partition coefficient (Wildman–Crippen LogP) is 1.84. The maximum atomic E-state index is 10.8. The van der Waals surface area contributed by atoms with Crippen molar-refractivity contribution in [1.29, 1.82) is 0 Å². The largest absolute Gasteiger partial charge is 0.451 e. The number of para-hydroxylation sites is 1. The van der Waals surface area contributed by atoms with Gasteiger partial charge in [0.2, 0.25) is 0 Å². The Bertz CT molecular complexity index is 471. The molecule has 0 aliphatic rings. The Hall–Kier alpha value is -1.77. The number of carbonyl (C=O) groups excluding carboxylic acids is 1. The van der Waals surface area contributed by atoms with Crippen molar-refractivity contribution in [3.63, 3.8) is 0 Å². The summed E-state index contributed by atoms with van der Waals surface area (Å²) in [5, 5.41) is 0.911. The minimum absolute atomic E-state index is 0.212. The highest BCUT2D eigenvalue weighted by Crippen LogP contribution is 2.21. The Morgan fingerprint density at radius 2 is 2.23 bits per heavy atom. The summed E-state index contributed by atoms with van der Waals surface area (Å²) in [7, 11) is 0. The molecule has 0 bridgehead atoms. The van der Waals surface area contributed by atoms with Crippen molar-refractivity contribution < 1.29 is 9.21 Å². The summed E-state index contributed by atoms with van der Waals surface area (Å²) in [5.74, 6) is -0.320. The lowest BCUT2D eigenvalue weighted by Gasteiger charge is -1.91. The number of fused-ring (bicyclic) bond motifs is 1. The van der Waals surface area contributed by atoms with Crippen molar-refractivity contribution in [1.82, 2.24) is 0 Å². The number of hydrogen-bond acceptors (Lipinski definition) is 2. The smallest absolute Gasteiger partial charge is 0.284 e. The van der Waals surface area contributed by atoms with Crippen molar-refractivity contribution in [2.45, 2.75) is 6.92 Å². The summed E-state index contributed by atoms with van der Waals surface area (Å²) >= 11 is 0. The summed E-state index contributed by atoms with van der Waals surface area (Å²) in [4.78, 5) is 10.8. The molecule has 0 spiro atoms. The van der Waals surface area contributed by atoms with Crippen molar-refractivity contribution in [2.75, 3.05) is 0 Å². The highest BCUT2D eigenvalue weighted by Gasteiger charge is 2.08. The maximum Gasteiger partial charge on any atom is 0.284 e. The summed E-state index contributed by atoms with van der Waals surface area (Å²) in [6, 6.07) is 7.39. The van der Waals surface area contributed by atoms with Crippen LogP contribution < -0.4 is 5.73 Å². The molecule has 0 saturated carbocycles. The van der Waals surface area contributed by atoms with Gasteiger partial charge < -0.3 is 10.2 Å². The molecule has 66 valence electrons. The Balaban J connectivity index is 2.75. The van der Waals surface area contributed by atoms with Gasteiger partial charge in [-0.2, -0.15) is 0 Å². The molecule has 0 aliphatic heterocycles. The van der Waals surface area contributed by atoms with Gasteiger partial charge in [-0.25, -0.2) is 0 Å². The van der Waals surface area contributed by atoms with E-state index >= 15 is 0 Å². The Kier molecular flexibility index (Phi) is 1.59. The monoisotopic (exact) mass is 175 g/mol. The summed E-state index contributed by atoms with van der Waals surface area (Å²) < 4.78 is 5.29. The molecule has 1 amide bonds. The second-order valence-electron chi connectivity index (χ2n) is 2.97. The lowest BCUT2D eigenvalue weighted by atomic mass is 10.2. The lowest BCUT2D eigenvalue weighted by molar-refractivity contribution is 0.0976. The van der Waals surface area contributed by atoms with Crippen LogP contribution in [0.2, 0.25) is 0 Å². The fourth-order valence-corrected chi connectivity index (χ4v) is 1.33. The first-order valence-corrected chi connectivity index (χ1v) is 3.97. The van der Waals surface area contributed by atoms with Crippen LogP contribution in [0.5, 0.6) is 0 Å². The van der Waals surface area contributed by atoms with E-state index in [-0.39, 0.29) is 5.76 Å². The zero-order valence-electron chi connectivity index (χ0n) is 7.20. The Labute approximate surface area is 75.1 Å². The molecule has 1 aromatic carbocycles. The summed E-state index contributed by atoms with van der Waals surface area (Å²) in [5.41, 5.74) is 6.83. The maximum absolute atomic E-state index is 10.8. The number of aryl methyl sites for hydroxylation is 1. The molecule has 13 heavy (non-hydrogen) atoms. The van der Waals surface area contributed by atoms with Crippen LogP contribution in [-0.4, -0.2) is 5.91 Å². The van der Waals surface area contributed by atoms with E-state index in [0.29, 0.717) is 0 Å². The topological polar surface area (TPSA) is 56.2 Å². The van der Waals surface area contributed by atoms with E-state index < -0.39 is 5.91 Å². The van der Waals surface area contributed by atoms with Gasteiger partial charge in [0.25, 0.3) is 5.91 Å². The second-order valence-corrected chi connectivity index (χ2v) is 2.97. The number of benzene rings is 1. The fourth-order valence-electron chi connectivity index (χ4n) is 1.33. The van der Waals surface area contributed by atoms with E-state index in [1.54, 1.807) is 6.07 Å². The van der Waals surface area contributed by atoms with E-state index in [4.69, 9.17) is 10.2 Å². The van der Waals surface area contributed by atoms with Crippen LogP contribution in [0.1, 0.15) is 16.1 Å². The van der Waals surface area contributed by atoms with Crippen LogP contribution >= 0.6 is 0 Å². The predicted molar refractivity (Wildman–Crippen MR) is 49.5 cm³/mol. The van der Waals surface area contributed by atoms with Crippen molar-refractivity contribution >= 4 is 16.9 Å². The van der Waals surface area contributed by atoms with Crippen LogP contribution in [0.15, 0.2) is 28.7 Å². The summed E-state index contributed by atoms with van der Waals surface area (Å²) in [6.07, 6.45) is 0. The third-order valence-electron chi connectivity index (χ3n) is 1.98. The highest BCUT2D eigenvalue weighted by atomic mass is 16.3. The number of rotatable bonds is 1. The van der Waals surface area contributed by atoms with Crippen LogP contribution in [0, 0.1) is 6.92 Å². The van der Waals surface area contributed by atoms with E-state index in [9.17, 15) is 4.79 Å². The molecule has 2 N–H and O–H groups in total. The molecule has 0 saturated heterocycles. The molecule has 2 aromatic rings. The fraction of sp³-hybridized carbons (Fsp3) is 0.100. The minimum atomic E-state index is -0.532. The average molecular weight is 175 g/mol. The number of amides is 1. The van der Waals surface area contributed by atoms with Gasteiger partial charge in [-0.1, -0.05) is 18.2 Å². The van der Waals surface area contributed by atoms with Gasteiger partial charge in [0.1, 0.15) is 5.58 Å². The molecule has 3 heteroatoms. The quantitative estimate of drug-likeness (QED) is 0.718. The van der Waals surface area contributed by atoms with Crippen LogP contribution in [-0.2, 0) is 0 Å². The summed E-state index contributed by atoms with van der Waals surface area (Å²) in [6.45, 7) is 1.93.